The van der Waals surface area contributed by atoms with E-state index >= 15 is 0 Å². The Morgan fingerprint density at radius 1 is 1.53 bits per heavy atom. The summed E-state index contributed by atoms with van der Waals surface area (Å²) in [5.74, 6) is -0.232. The summed E-state index contributed by atoms with van der Waals surface area (Å²) < 4.78 is 1.68. The van der Waals surface area contributed by atoms with Crippen LogP contribution in [-0.4, -0.2) is 38.3 Å². The first kappa shape index (κ1) is 11.4. The van der Waals surface area contributed by atoms with E-state index in [0.29, 0.717) is 5.82 Å². The highest BCUT2D eigenvalue weighted by Crippen LogP contribution is 2.19. The SMILES string of the molecule is CC(C)N(CC(=O)O)c1nccn2nccc12. The maximum Gasteiger partial charge on any atom is 0.323 e. The molecule has 0 aromatic carbocycles. The fourth-order valence-corrected chi connectivity index (χ4v) is 1.71. The van der Waals surface area contributed by atoms with Crippen LogP contribution in [-0.2, 0) is 4.79 Å². The molecule has 2 aromatic heterocycles. The number of hydrogen-bond acceptors (Lipinski definition) is 4. The highest BCUT2D eigenvalue weighted by atomic mass is 16.4. The van der Waals surface area contributed by atoms with Crippen LogP contribution in [0, 0.1) is 0 Å². The van der Waals surface area contributed by atoms with Gasteiger partial charge in [-0.3, -0.25) is 4.79 Å². The third-order valence-corrected chi connectivity index (χ3v) is 2.51. The van der Waals surface area contributed by atoms with Gasteiger partial charge in [-0.25, -0.2) is 9.50 Å². The van der Waals surface area contributed by atoms with Crippen molar-refractivity contribution in [1.82, 2.24) is 14.6 Å². The normalized spacial score (nSPS) is 11.0. The van der Waals surface area contributed by atoms with Crippen molar-refractivity contribution in [2.45, 2.75) is 19.9 Å². The van der Waals surface area contributed by atoms with E-state index in [1.165, 1.54) is 0 Å². The molecule has 0 saturated carbocycles. The van der Waals surface area contributed by atoms with Gasteiger partial charge in [0.15, 0.2) is 5.82 Å². The Labute approximate surface area is 98.5 Å². The van der Waals surface area contributed by atoms with Crippen molar-refractivity contribution in [3.05, 3.63) is 24.7 Å². The summed E-state index contributed by atoms with van der Waals surface area (Å²) in [5.41, 5.74) is 0.808. The van der Waals surface area contributed by atoms with Crippen LogP contribution < -0.4 is 4.90 Å². The molecule has 0 aliphatic rings. The monoisotopic (exact) mass is 234 g/mol. The lowest BCUT2D eigenvalue weighted by Gasteiger charge is -2.26. The Bertz CT molecular complexity index is 535. The van der Waals surface area contributed by atoms with Gasteiger partial charge < -0.3 is 10.0 Å². The molecule has 0 spiro atoms. The molecule has 0 aliphatic heterocycles. The number of anilines is 1. The summed E-state index contributed by atoms with van der Waals surface area (Å²) in [7, 11) is 0. The molecule has 0 aliphatic carbocycles. The van der Waals surface area contributed by atoms with Crippen LogP contribution >= 0.6 is 0 Å². The van der Waals surface area contributed by atoms with E-state index in [0.717, 1.165) is 5.52 Å². The zero-order valence-corrected chi connectivity index (χ0v) is 9.74. The first-order valence-electron chi connectivity index (χ1n) is 5.36. The molecule has 0 fully saturated rings. The lowest BCUT2D eigenvalue weighted by atomic mass is 10.3. The smallest absolute Gasteiger partial charge is 0.323 e. The number of hydrogen-bond donors (Lipinski definition) is 1. The largest absolute Gasteiger partial charge is 0.480 e. The minimum absolute atomic E-state index is 0.0553. The molecule has 2 aromatic rings. The van der Waals surface area contributed by atoms with Crippen molar-refractivity contribution in [3.8, 4) is 0 Å². The molecule has 0 unspecified atom stereocenters. The van der Waals surface area contributed by atoms with Crippen molar-refractivity contribution in [2.24, 2.45) is 0 Å². The highest BCUT2D eigenvalue weighted by Gasteiger charge is 2.18. The van der Waals surface area contributed by atoms with Gasteiger partial charge in [0.25, 0.3) is 0 Å². The second-order valence-electron chi connectivity index (χ2n) is 4.03. The summed E-state index contributed by atoms with van der Waals surface area (Å²) in [6.07, 6.45) is 5.02. The topological polar surface area (TPSA) is 70.7 Å². The lowest BCUT2D eigenvalue weighted by Crippen LogP contribution is -2.36. The molecule has 17 heavy (non-hydrogen) atoms. The average molecular weight is 234 g/mol. The summed E-state index contributed by atoms with van der Waals surface area (Å²) in [4.78, 5) is 16.9. The van der Waals surface area contributed by atoms with Gasteiger partial charge in [-0.15, -0.1) is 0 Å². The summed E-state index contributed by atoms with van der Waals surface area (Å²) in [6.45, 7) is 3.80. The van der Waals surface area contributed by atoms with E-state index in [1.54, 1.807) is 28.0 Å². The molecule has 0 radical (unpaired) electrons. The molecule has 6 nitrogen and oxygen atoms in total. The number of carboxylic acids is 1. The number of carboxylic acid groups (broad SMARTS) is 1. The maximum atomic E-state index is 10.9. The summed E-state index contributed by atoms with van der Waals surface area (Å²) in [5, 5.41) is 13.0. The van der Waals surface area contributed by atoms with Crippen LogP contribution in [0.2, 0.25) is 0 Å². The Kier molecular flexibility index (Phi) is 2.95. The predicted octanol–water partition coefficient (Wildman–Crippen LogP) is 1.03. The van der Waals surface area contributed by atoms with Crippen molar-refractivity contribution < 1.29 is 9.90 Å². The number of aliphatic carboxylic acids is 1. The molecular weight excluding hydrogens is 220 g/mol. The van der Waals surface area contributed by atoms with E-state index in [4.69, 9.17) is 5.11 Å². The first-order valence-corrected chi connectivity index (χ1v) is 5.36. The van der Waals surface area contributed by atoms with Crippen LogP contribution in [0.5, 0.6) is 0 Å². The fraction of sp³-hybridized carbons (Fsp3) is 0.364. The Morgan fingerprint density at radius 2 is 2.29 bits per heavy atom. The number of carbonyl (C=O) groups is 1. The second kappa shape index (κ2) is 4.40. The van der Waals surface area contributed by atoms with Crippen molar-refractivity contribution >= 4 is 17.3 Å². The minimum Gasteiger partial charge on any atom is -0.480 e. The maximum absolute atomic E-state index is 10.9. The second-order valence-corrected chi connectivity index (χ2v) is 4.03. The third kappa shape index (κ3) is 2.20. The van der Waals surface area contributed by atoms with E-state index in [1.807, 2.05) is 19.9 Å². The van der Waals surface area contributed by atoms with Gasteiger partial charge in [0.05, 0.1) is 6.20 Å². The van der Waals surface area contributed by atoms with Gasteiger partial charge in [0.1, 0.15) is 12.1 Å². The molecule has 0 atom stereocenters. The van der Waals surface area contributed by atoms with Gasteiger partial charge in [0, 0.05) is 18.4 Å². The first-order chi connectivity index (χ1) is 8.09. The minimum atomic E-state index is -0.873. The van der Waals surface area contributed by atoms with E-state index in [2.05, 4.69) is 10.1 Å². The van der Waals surface area contributed by atoms with Gasteiger partial charge in [-0.05, 0) is 19.9 Å². The number of fused-ring (bicyclic) bond motifs is 1. The van der Waals surface area contributed by atoms with Crippen LogP contribution in [0.1, 0.15) is 13.8 Å². The number of rotatable bonds is 4. The fourth-order valence-electron chi connectivity index (χ4n) is 1.71. The van der Waals surface area contributed by atoms with Crippen LogP contribution in [0.15, 0.2) is 24.7 Å². The zero-order valence-electron chi connectivity index (χ0n) is 9.74. The average Bonchev–Trinajstić information content (AvgIpc) is 2.73. The van der Waals surface area contributed by atoms with Crippen LogP contribution in [0.25, 0.3) is 5.52 Å². The molecule has 0 amide bonds. The molecule has 2 heterocycles. The molecule has 90 valence electrons. The van der Waals surface area contributed by atoms with Crippen molar-refractivity contribution in [3.63, 3.8) is 0 Å². The third-order valence-electron chi connectivity index (χ3n) is 2.51. The highest BCUT2D eigenvalue weighted by molar-refractivity contribution is 5.77. The van der Waals surface area contributed by atoms with E-state index < -0.39 is 5.97 Å². The molecular formula is C11H14N4O2. The van der Waals surface area contributed by atoms with Gasteiger partial charge in [0.2, 0.25) is 0 Å². The Hall–Kier alpha value is -2.11. The van der Waals surface area contributed by atoms with E-state index in [-0.39, 0.29) is 12.6 Å². The predicted molar refractivity (Wildman–Crippen MR) is 63.1 cm³/mol. The summed E-state index contributed by atoms with van der Waals surface area (Å²) >= 11 is 0. The Balaban J connectivity index is 2.48. The lowest BCUT2D eigenvalue weighted by molar-refractivity contribution is -0.135. The van der Waals surface area contributed by atoms with Crippen LogP contribution in [0.4, 0.5) is 5.82 Å². The number of aromatic nitrogens is 3. The van der Waals surface area contributed by atoms with Crippen molar-refractivity contribution in [2.75, 3.05) is 11.4 Å². The molecule has 2 rings (SSSR count). The van der Waals surface area contributed by atoms with E-state index in [9.17, 15) is 4.79 Å². The molecule has 0 bridgehead atoms. The molecule has 0 saturated heterocycles. The molecule has 1 N–H and O–H groups in total. The van der Waals surface area contributed by atoms with Gasteiger partial charge in [-0.2, -0.15) is 5.10 Å². The standard InChI is InChI=1S/C11H14N4O2/c1-8(2)14(7-10(16)17)11-9-3-4-13-15(9)6-5-12-11/h3-6,8H,7H2,1-2H3,(H,16,17). The summed E-state index contributed by atoms with van der Waals surface area (Å²) in [6, 6.07) is 1.87. The van der Waals surface area contributed by atoms with Gasteiger partial charge >= 0.3 is 5.97 Å². The number of nitrogens with zero attached hydrogens (tertiary/aromatic N) is 4. The van der Waals surface area contributed by atoms with Gasteiger partial charge in [-0.1, -0.05) is 0 Å². The van der Waals surface area contributed by atoms with Crippen LogP contribution in [0.3, 0.4) is 0 Å². The Morgan fingerprint density at radius 3 is 2.94 bits per heavy atom. The zero-order chi connectivity index (χ0) is 12.4. The molecule has 6 heteroatoms. The van der Waals surface area contributed by atoms with Crippen molar-refractivity contribution in [1.29, 1.82) is 0 Å². The quantitative estimate of drug-likeness (QED) is 0.855.